The summed E-state index contributed by atoms with van der Waals surface area (Å²) in [6.45, 7) is 6.48. The van der Waals surface area contributed by atoms with Crippen LogP contribution in [-0.2, 0) is 14.3 Å². The summed E-state index contributed by atoms with van der Waals surface area (Å²) in [6.07, 6.45) is 70.3. The molecule has 69 heavy (non-hydrogen) atoms. The maximum atomic E-state index is 13.3. The smallest absolute Gasteiger partial charge is 0.306 e. The fourth-order valence-electron chi connectivity index (χ4n) is 9.28. The first-order chi connectivity index (χ1) is 34.0. The maximum absolute atomic E-state index is 13.3. The van der Waals surface area contributed by atoms with E-state index in [-0.39, 0.29) is 24.9 Å². The molecule has 404 valence electrons. The number of ether oxygens (including phenoxy) is 1. The van der Waals surface area contributed by atoms with Gasteiger partial charge in [0.25, 0.3) is 0 Å². The molecule has 0 saturated heterocycles. The van der Waals surface area contributed by atoms with Crippen molar-refractivity contribution in [3.63, 3.8) is 0 Å². The first-order valence-corrected chi connectivity index (χ1v) is 30.4. The molecule has 0 bridgehead atoms. The Morgan fingerprint density at radius 1 is 0.435 bits per heavy atom. The Bertz CT molecular complexity index is 1180. The highest BCUT2D eigenvalue weighted by Crippen LogP contribution is 2.18. The van der Waals surface area contributed by atoms with Gasteiger partial charge in [-0.15, -0.1) is 0 Å². The molecular weight excluding hydrogens is 851 g/mol. The van der Waals surface area contributed by atoms with Crippen molar-refractivity contribution >= 4 is 11.9 Å². The van der Waals surface area contributed by atoms with Crippen LogP contribution in [0, 0.1) is 0 Å². The number of amides is 1. The van der Waals surface area contributed by atoms with Crippen LogP contribution in [0.4, 0.5) is 0 Å². The van der Waals surface area contributed by atoms with E-state index in [0.29, 0.717) is 19.3 Å². The van der Waals surface area contributed by atoms with Crippen LogP contribution in [0.5, 0.6) is 0 Å². The molecule has 0 radical (unpaired) electrons. The number of aliphatic hydroxyl groups is 2. The van der Waals surface area contributed by atoms with E-state index in [4.69, 9.17) is 4.74 Å². The van der Waals surface area contributed by atoms with Crippen LogP contribution in [-0.4, -0.2) is 46.9 Å². The molecule has 0 aromatic heterocycles. The van der Waals surface area contributed by atoms with Crippen molar-refractivity contribution in [2.24, 2.45) is 0 Å². The van der Waals surface area contributed by atoms with Crippen molar-refractivity contribution in [3.8, 4) is 0 Å². The van der Waals surface area contributed by atoms with Crippen molar-refractivity contribution in [1.29, 1.82) is 0 Å². The molecule has 3 N–H and O–H groups in total. The summed E-state index contributed by atoms with van der Waals surface area (Å²) in [5.41, 5.74) is 0. The Hall–Kier alpha value is -2.18. The average Bonchev–Trinajstić information content (AvgIpc) is 3.34. The van der Waals surface area contributed by atoms with Crippen molar-refractivity contribution in [3.05, 3.63) is 48.6 Å². The number of rotatable bonds is 55. The Morgan fingerprint density at radius 2 is 0.783 bits per heavy atom. The van der Waals surface area contributed by atoms with E-state index in [0.717, 1.165) is 77.0 Å². The lowest BCUT2D eigenvalue weighted by Gasteiger charge is -2.24. The summed E-state index contributed by atoms with van der Waals surface area (Å²) in [4.78, 5) is 26.3. The normalized spacial score (nSPS) is 13.4. The van der Waals surface area contributed by atoms with Crippen LogP contribution < -0.4 is 5.32 Å². The lowest BCUT2D eigenvalue weighted by atomic mass is 10.0. The molecule has 3 atom stereocenters. The second kappa shape index (κ2) is 56.7. The van der Waals surface area contributed by atoms with Gasteiger partial charge in [0, 0.05) is 6.42 Å². The quantitative estimate of drug-likeness (QED) is 0.0244. The van der Waals surface area contributed by atoms with Crippen LogP contribution in [0.2, 0.25) is 0 Å². The van der Waals surface area contributed by atoms with Crippen molar-refractivity contribution in [1.82, 2.24) is 5.32 Å². The summed E-state index contributed by atoms with van der Waals surface area (Å²) in [5, 5.41) is 23.9. The largest absolute Gasteiger partial charge is 0.462 e. The first kappa shape index (κ1) is 66.8. The van der Waals surface area contributed by atoms with Gasteiger partial charge < -0.3 is 20.3 Å². The van der Waals surface area contributed by atoms with Gasteiger partial charge in [-0.25, -0.2) is 0 Å². The number of aliphatic hydroxyl groups excluding tert-OH is 2. The van der Waals surface area contributed by atoms with Crippen LogP contribution in [0.1, 0.15) is 316 Å². The molecule has 0 aromatic rings. The summed E-state index contributed by atoms with van der Waals surface area (Å²) in [5.74, 6) is -0.492. The van der Waals surface area contributed by atoms with Gasteiger partial charge in [0.2, 0.25) is 5.91 Å². The second-order valence-corrected chi connectivity index (χ2v) is 20.8. The Kier molecular flexibility index (Phi) is 54.9. The lowest BCUT2D eigenvalue weighted by Crippen LogP contribution is -2.46. The lowest BCUT2D eigenvalue weighted by molar-refractivity contribution is -0.151. The minimum absolute atomic E-state index is 0.0597. The summed E-state index contributed by atoms with van der Waals surface area (Å²) >= 11 is 0. The predicted molar refractivity (Wildman–Crippen MR) is 301 cm³/mol. The van der Waals surface area contributed by atoms with Crippen LogP contribution >= 0.6 is 0 Å². The highest BCUT2D eigenvalue weighted by molar-refractivity contribution is 5.77. The average molecular weight is 969 g/mol. The zero-order chi connectivity index (χ0) is 50.2. The van der Waals surface area contributed by atoms with Gasteiger partial charge in [-0.1, -0.05) is 268 Å². The zero-order valence-corrected chi connectivity index (χ0v) is 46.2. The second-order valence-electron chi connectivity index (χ2n) is 20.8. The van der Waals surface area contributed by atoms with Crippen LogP contribution in [0.3, 0.4) is 0 Å². The molecule has 6 nitrogen and oxygen atoms in total. The van der Waals surface area contributed by atoms with Gasteiger partial charge in [0.15, 0.2) is 0 Å². The predicted octanol–water partition coefficient (Wildman–Crippen LogP) is 19.0. The van der Waals surface area contributed by atoms with Crippen molar-refractivity contribution < 1.29 is 24.5 Å². The van der Waals surface area contributed by atoms with E-state index in [1.165, 1.54) is 193 Å². The number of carbonyl (C=O) groups is 2. The third-order valence-corrected chi connectivity index (χ3v) is 13.9. The minimum Gasteiger partial charge on any atom is -0.462 e. The highest BCUT2D eigenvalue weighted by atomic mass is 16.5. The van der Waals surface area contributed by atoms with E-state index in [1.807, 2.05) is 0 Å². The van der Waals surface area contributed by atoms with E-state index in [1.54, 1.807) is 0 Å². The number of carbonyl (C=O) groups excluding carboxylic acids is 2. The highest BCUT2D eigenvalue weighted by Gasteiger charge is 2.24. The number of unbranched alkanes of at least 4 members (excludes halogenated alkanes) is 36. The third-order valence-electron chi connectivity index (χ3n) is 13.9. The summed E-state index contributed by atoms with van der Waals surface area (Å²) < 4.78 is 5.96. The molecule has 0 fully saturated rings. The number of hydrogen-bond donors (Lipinski definition) is 3. The van der Waals surface area contributed by atoms with Crippen molar-refractivity contribution in [2.45, 2.75) is 334 Å². The fourth-order valence-corrected chi connectivity index (χ4v) is 9.28. The first-order valence-electron chi connectivity index (χ1n) is 30.4. The molecule has 0 aliphatic carbocycles. The third kappa shape index (κ3) is 52.0. The Balaban J connectivity index is 4.57. The minimum atomic E-state index is -0.796. The molecule has 3 unspecified atom stereocenters. The molecule has 0 heterocycles. The molecule has 1 amide bonds. The molecule has 0 aliphatic heterocycles. The summed E-state index contributed by atoms with van der Waals surface area (Å²) in [6, 6.07) is -0.712. The van der Waals surface area contributed by atoms with E-state index >= 15 is 0 Å². The number of allylic oxidation sites excluding steroid dienone is 8. The van der Waals surface area contributed by atoms with Gasteiger partial charge in [-0.05, 0) is 83.5 Å². The number of esters is 1. The maximum Gasteiger partial charge on any atom is 0.306 e. The molecule has 0 aliphatic rings. The zero-order valence-electron chi connectivity index (χ0n) is 46.2. The molecular formula is C63H117NO5. The SMILES string of the molecule is CCCCC/C=C\C/C=C\CCCCCCCCCCCC(=O)OC(CCCCC/C=C/C=C/CCCCCCCCC)CC(=O)NC(CO)C(O)CCCCCCCCCCCCCCCCC. The van der Waals surface area contributed by atoms with E-state index in [9.17, 15) is 19.8 Å². The van der Waals surface area contributed by atoms with Crippen molar-refractivity contribution in [2.75, 3.05) is 6.61 Å². The number of hydrogen-bond acceptors (Lipinski definition) is 5. The summed E-state index contributed by atoms with van der Waals surface area (Å²) in [7, 11) is 0. The molecule has 0 spiro atoms. The molecule has 0 saturated carbocycles. The fraction of sp³-hybridized carbons (Fsp3) is 0.841. The Labute approximate surface area is 429 Å². The van der Waals surface area contributed by atoms with Crippen LogP contribution in [0.15, 0.2) is 48.6 Å². The molecule has 0 rings (SSSR count). The van der Waals surface area contributed by atoms with Gasteiger partial charge in [-0.3, -0.25) is 9.59 Å². The monoisotopic (exact) mass is 968 g/mol. The van der Waals surface area contributed by atoms with E-state index in [2.05, 4.69) is 74.7 Å². The number of nitrogens with one attached hydrogen (secondary N) is 1. The molecule has 0 aromatic carbocycles. The Morgan fingerprint density at radius 3 is 1.23 bits per heavy atom. The standard InChI is InChI=1S/C63H117NO5/c1-4-7-10-13-16-19-22-25-28-30-31-32-35-38-41-44-47-50-53-56-63(68)69-59(54-51-48-45-42-39-36-34-29-26-23-20-17-14-11-8-5-2)57-62(67)64-60(58-65)61(66)55-52-49-46-43-40-37-33-27-24-21-18-15-12-9-6-3/h16,19,25,28-29,34,36,39,59-61,65-66H,4-15,17-18,20-24,26-27,30-33,35,37-38,40-58H2,1-3H3,(H,64,67)/b19-16-,28-25-,34-29+,39-36+. The molecule has 6 heteroatoms. The van der Waals surface area contributed by atoms with Gasteiger partial charge >= 0.3 is 5.97 Å². The van der Waals surface area contributed by atoms with Gasteiger partial charge in [0.1, 0.15) is 6.10 Å². The van der Waals surface area contributed by atoms with Crippen LogP contribution in [0.25, 0.3) is 0 Å². The topological polar surface area (TPSA) is 95.9 Å². The van der Waals surface area contributed by atoms with E-state index < -0.39 is 18.2 Å². The van der Waals surface area contributed by atoms with Gasteiger partial charge in [0.05, 0.1) is 25.2 Å². The van der Waals surface area contributed by atoms with Gasteiger partial charge in [-0.2, -0.15) is 0 Å².